The Bertz CT molecular complexity index is 1400. The summed E-state index contributed by atoms with van der Waals surface area (Å²) in [5.41, 5.74) is 9.76. The number of nitrogens with one attached hydrogen (secondary N) is 1. The van der Waals surface area contributed by atoms with Crippen molar-refractivity contribution in [3.63, 3.8) is 0 Å². The molecule has 5 rings (SSSR count). The zero-order valence-electron chi connectivity index (χ0n) is 25.1. The lowest BCUT2D eigenvalue weighted by atomic mass is 9.63. The number of nitrogens with two attached hydrogens (primary N) is 1. The molecule has 2 saturated carbocycles. The van der Waals surface area contributed by atoms with Crippen LogP contribution in [-0.2, 0) is 15.1 Å². The molecule has 42 heavy (non-hydrogen) atoms. The van der Waals surface area contributed by atoms with Crippen LogP contribution in [0.5, 0.6) is 0 Å². The lowest BCUT2D eigenvalue weighted by Crippen LogP contribution is -2.58. The molecule has 0 atom stereocenters. The number of hydrogen-bond acceptors (Lipinski definition) is 6. The molecule has 8 heteroatoms. The van der Waals surface area contributed by atoms with Crippen molar-refractivity contribution < 1.29 is 14.7 Å². The first-order chi connectivity index (χ1) is 19.9. The largest absolute Gasteiger partial charge is 0.390 e. The van der Waals surface area contributed by atoms with Crippen molar-refractivity contribution in [2.45, 2.75) is 82.9 Å². The third-order valence-electron chi connectivity index (χ3n) is 8.95. The molecule has 0 bridgehead atoms. The molecule has 1 heterocycles. The number of anilines is 1. The minimum absolute atomic E-state index is 0.00442. The molecule has 2 fully saturated rings. The van der Waals surface area contributed by atoms with E-state index in [1.807, 2.05) is 93.4 Å². The van der Waals surface area contributed by atoms with E-state index >= 15 is 0 Å². The Morgan fingerprint density at radius 1 is 1.00 bits per heavy atom. The van der Waals surface area contributed by atoms with Gasteiger partial charge in [0.25, 0.3) is 0 Å². The van der Waals surface area contributed by atoms with Gasteiger partial charge < -0.3 is 21.1 Å². The van der Waals surface area contributed by atoms with Crippen molar-refractivity contribution in [2.75, 3.05) is 12.4 Å². The van der Waals surface area contributed by atoms with Gasteiger partial charge in [0.05, 0.1) is 5.60 Å². The van der Waals surface area contributed by atoms with Crippen molar-refractivity contribution in [3.8, 4) is 22.4 Å². The highest BCUT2D eigenvalue weighted by Crippen LogP contribution is 2.46. The number of aliphatic hydroxyl groups is 1. The number of amides is 2. The maximum absolute atomic E-state index is 13.0. The normalized spacial score (nSPS) is 25.5. The quantitative estimate of drug-likeness (QED) is 0.329. The van der Waals surface area contributed by atoms with Gasteiger partial charge in [-0.1, -0.05) is 68.4 Å². The van der Waals surface area contributed by atoms with Crippen LogP contribution in [0.4, 0.5) is 5.82 Å². The van der Waals surface area contributed by atoms with E-state index in [4.69, 9.17) is 5.73 Å². The Labute approximate surface area is 248 Å². The number of nitrogens with zero attached hydrogens (tertiary/aromatic N) is 3. The summed E-state index contributed by atoms with van der Waals surface area (Å²) in [5, 5.41) is 22.1. The maximum atomic E-state index is 13.0. The Balaban J connectivity index is 1.27. The fraction of sp³-hybridized carbons (Fsp3) is 0.471. The summed E-state index contributed by atoms with van der Waals surface area (Å²) in [6, 6.07) is 20.1. The molecule has 3 aromatic rings. The summed E-state index contributed by atoms with van der Waals surface area (Å²) in [7, 11) is 1.90. The topological polar surface area (TPSA) is 121 Å². The first-order valence-corrected chi connectivity index (χ1v) is 15.1. The summed E-state index contributed by atoms with van der Waals surface area (Å²) >= 11 is 0. The monoisotopic (exact) mass is 569 g/mol. The van der Waals surface area contributed by atoms with Gasteiger partial charge in [0.1, 0.15) is 5.69 Å². The van der Waals surface area contributed by atoms with Crippen LogP contribution in [0.2, 0.25) is 0 Å². The van der Waals surface area contributed by atoms with Crippen molar-refractivity contribution >= 4 is 17.6 Å². The number of rotatable bonds is 8. The van der Waals surface area contributed by atoms with E-state index in [0.717, 1.165) is 53.6 Å². The number of aromatic nitrogens is 2. The van der Waals surface area contributed by atoms with E-state index < -0.39 is 11.1 Å². The first kappa shape index (κ1) is 29.9. The average molecular weight is 570 g/mol. The number of benzene rings is 2. The Kier molecular flexibility index (Phi) is 8.49. The van der Waals surface area contributed by atoms with Crippen molar-refractivity contribution in [1.82, 2.24) is 15.1 Å². The minimum atomic E-state index is -0.719. The van der Waals surface area contributed by atoms with Gasteiger partial charge in [-0.05, 0) is 68.6 Å². The Hall–Kier alpha value is -3.62. The van der Waals surface area contributed by atoms with Gasteiger partial charge in [-0.25, -0.2) is 0 Å². The summed E-state index contributed by atoms with van der Waals surface area (Å²) < 4.78 is 0. The number of carbonyl (C=O) groups excluding carboxylic acids is 2. The molecule has 2 aliphatic rings. The molecule has 2 amide bonds. The number of hydrogen-bond donors (Lipinski definition) is 3. The second-order valence-corrected chi connectivity index (χ2v) is 13.0. The summed E-state index contributed by atoms with van der Waals surface area (Å²) in [4.78, 5) is 27.3. The highest BCUT2D eigenvalue weighted by atomic mass is 16.3. The van der Waals surface area contributed by atoms with Crippen LogP contribution in [0.15, 0.2) is 60.7 Å². The fourth-order valence-corrected chi connectivity index (χ4v) is 6.75. The molecular weight excluding hydrogens is 526 g/mol. The Morgan fingerprint density at radius 3 is 2.24 bits per heavy atom. The molecule has 2 aromatic carbocycles. The van der Waals surface area contributed by atoms with Gasteiger partial charge in [-0.3, -0.25) is 9.59 Å². The fourth-order valence-electron chi connectivity index (χ4n) is 6.75. The molecule has 222 valence electrons. The zero-order valence-corrected chi connectivity index (χ0v) is 25.1. The Morgan fingerprint density at radius 2 is 1.64 bits per heavy atom. The summed E-state index contributed by atoms with van der Waals surface area (Å²) in [5.74, 6) is 0.816. The highest BCUT2D eigenvalue weighted by Gasteiger charge is 2.49. The van der Waals surface area contributed by atoms with Gasteiger partial charge in [-0.2, -0.15) is 0 Å². The van der Waals surface area contributed by atoms with Crippen LogP contribution in [0.1, 0.15) is 71.3 Å². The summed E-state index contributed by atoms with van der Waals surface area (Å²) in [6.07, 6.45) is 5.16. The first-order valence-electron chi connectivity index (χ1n) is 15.1. The van der Waals surface area contributed by atoms with Gasteiger partial charge >= 0.3 is 0 Å². The molecule has 2 aliphatic carbocycles. The van der Waals surface area contributed by atoms with E-state index in [1.54, 1.807) is 0 Å². The van der Waals surface area contributed by atoms with Crippen LogP contribution >= 0.6 is 0 Å². The predicted octanol–water partition coefficient (Wildman–Crippen LogP) is 5.51. The second kappa shape index (κ2) is 11.9. The van der Waals surface area contributed by atoms with E-state index in [2.05, 4.69) is 15.5 Å². The minimum Gasteiger partial charge on any atom is -0.390 e. The van der Waals surface area contributed by atoms with Crippen LogP contribution < -0.4 is 11.1 Å². The van der Waals surface area contributed by atoms with E-state index in [0.29, 0.717) is 25.1 Å². The van der Waals surface area contributed by atoms with Crippen LogP contribution in [-0.4, -0.2) is 50.7 Å². The van der Waals surface area contributed by atoms with Crippen molar-refractivity contribution in [3.05, 3.63) is 66.2 Å². The van der Waals surface area contributed by atoms with Gasteiger partial charge in [-0.15, -0.1) is 10.2 Å². The van der Waals surface area contributed by atoms with Gasteiger partial charge in [0.15, 0.2) is 5.82 Å². The van der Waals surface area contributed by atoms with E-state index in [-0.39, 0.29) is 29.7 Å². The van der Waals surface area contributed by atoms with Crippen molar-refractivity contribution in [1.29, 1.82) is 0 Å². The third kappa shape index (κ3) is 6.55. The zero-order chi connectivity index (χ0) is 30.1. The lowest BCUT2D eigenvalue weighted by molar-refractivity contribution is -0.136. The average Bonchev–Trinajstić information content (AvgIpc) is 2.96. The van der Waals surface area contributed by atoms with Crippen LogP contribution in [0.25, 0.3) is 22.4 Å². The second-order valence-electron chi connectivity index (χ2n) is 13.0. The maximum Gasteiger partial charge on any atom is 0.225 e. The SMILES string of the molecule is CC(C)C(=O)N(C)[C@H]1CC[C@H](CC(=O)Nc2cc(-c3ccccc3)c(-c3ccc([C@]4(N)C[C@](C)(O)C4)cc3)nn2)CC1. The molecular formula is C34H43N5O3. The standard InChI is InChI=1S/C34H43N5O3/c1-22(2)32(41)39(4)27-16-10-23(11-17-27)18-30(40)36-29-19-28(24-8-6-5-7-9-24)31(38-37-29)25-12-14-26(15-13-25)34(35)20-33(3,42)21-34/h5-9,12-15,19,22-23,27,42H,10-11,16-18,20-21,35H2,1-4H3,(H,36,37,40)/t23-,27-,33-,34-. The predicted molar refractivity (Wildman–Crippen MR) is 165 cm³/mol. The van der Waals surface area contributed by atoms with Gasteiger partial charge in [0.2, 0.25) is 11.8 Å². The highest BCUT2D eigenvalue weighted by molar-refractivity contribution is 5.91. The molecule has 0 aliphatic heterocycles. The lowest BCUT2D eigenvalue weighted by Gasteiger charge is -2.49. The van der Waals surface area contributed by atoms with Crippen LogP contribution in [0, 0.1) is 11.8 Å². The molecule has 0 spiro atoms. The third-order valence-corrected chi connectivity index (χ3v) is 8.95. The number of carbonyl (C=O) groups is 2. The molecule has 8 nitrogen and oxygen atoms in total. The van der Waals surface area contributed by atoms with E-state index in [1.165, 1.54) is 0 Å². The smallest absolute Gasteiger partial charge is 0.225 e. The molecule has 4 N–H and O–H groups in total. The van der Waals surface area contributed by atoms with Crippen molar-refractivity contribution in [2.24, 2.45) is 17.6 Å². The van der Waals surface area contributed by atoms with E-state index in [9.17, 15) is 14.7 Å². The molecule has 0 radical (unpaired) electrons. The molecule has 0 unspecified atom stereocenters. The summed E-state index contributed by atoms with van der Waals surface area (Å²) in [6.45, 7) is 5.68. The molecule has 0 saturated heterocycles. The van der Waals surface area contributed by atoms with Gasteiger partial charge in [0, 0.05) is 42.1 Å². The van der Waals surface area contributed by atoms with Crippen LogP contribution in [0.3, 0.4) is 0 Å². The molecule has 1 aromatic heterocycles.